The molecule has 5 nitrogen and oxygen atoms in total. The Hall–Kier alpha value is -3.86. The standard InChI is InChI=1S/C32H34N2O3/c1-5-21(2)37-28-18-12-9-15-23(28)30-29-25(19-32(3,4)20-27(29)35)33-24-16-10-11-17-26(24)34(30)31(36)22-13-7-6-8-14-22/h6-18,21,30,33H,5,19-20H2,1-4H3/t21-,30+/m1/s1. The van der Waals surface area contributed by atoms with Gasteiger partial charge in [0.2, 0.25) is 0 Å². The van der Waals surface area contributed by atoms with Crippen molar-refractivity contribution in [1.82, 2.24) is 0 Å². The molecule has 5 rings (SSSR count). The number of Topliss-reactive ketones (excluding diaryl/α,β-unsaturated/α-hetero) is 1. The first-order chi connectivity index (χ1) is 17.8. The maximum Gasteiger partial charge on any atom is 0.259 e. The molecule has 2 atom stereocenters. The maximum absolute atomic E-state index is 14.3. The molecule has 1 N–H and O–H groups in total. The van der Waals surface area contributed by atoms with Crippen LogP contribution in [0, 0.1) is 5.41 Å². The van der Waals surface area contributed by atoms with Gasteiger partial charge in [-0.25, -0.2) is 0 Å². The largest absolute Gasteiger partial charge is 0.490 e. The van der Waals surface area contributed by atoms with E-state index in [1.807, 2.05) is 85.8 Å². The van der Waals surface area contributed by atoms with Gasteiger partial charge in [0.1, 0.15) is 5.75 Å². The Bertz CT molecular complexity index is 1360. The molecule has 190 valence electrons. The number of fused-ring (bicyclic) bond motifs is 1. The van der Waals surface area contributed by atoms with E-state index < -0.39 is 6.04 Å². The predicted molar refractivity (Wildman–Crippen MR) is 148 cm³/mol. The lowest BCUT2D eigenvalue weighted by atomic mass is 9.73. The summed E-state index contributed by atoms with van der Waals surface area (Å²) in [6, 6.07) is 24.3. The van der Waals surface area contributed by atoms with Gasteiger partial charge in [0, 0.05) is 28.8 Å². The van der Waals surface area contributed by atoms with Crippen molar-refractivity contribution in [3.8, 4) is 5.75 Å². The van der Waals surface area contributed by atoms with E-state index >= 15 is 0 Å². The van der Waals surface area contributed by atoms with Gasteiger partial charge in [-0.2, -0.15) is 0 Å². The second-order valence-corrected chi connectivity index (χ2v) is 10.8. The minimum absolute atomic E-state index is 0.00921. The summed E-state index contributed by atoms with van der Waals surface area (Å²) in [4.78, 5) is 30.1. The van der Waals surface area contributed by atoms with Crippen LogP contribution in [0.5, 0.6) is 5.75 Å². The zero-order chi connectivity index (χ0) is 26.2. The van der Waals surface area contributed by atoms with Crippen molar-refractivity contribution in [2.45, 2.75) is 59.1 Å². The number of carbonyl (C=O) groups is 2. The van der Waals surface area contributed by atoms with Crippen molar-refractivity contribution in [3.05, 3.63) is 101 Å². The molecule has 0 spiro atoms. The van der Waals surface area contributed by atoms with E-state index in [1.165, 1.54) is 0 Å². The summed E-state index contributed by atoms with van der Waals surface area (Å²) in [5.41, 5.74) is 4.25. The van der Waals surface area contributed by atoms with E-state index in [4.69, 9.17) is 4.74 Å². The molecule has 0 saturated heterocycles. The normalized spacial score (nSPS) is 19.3. The SMILES string of the molecule is CC[C@@H](C)Oc1ccccc1[C@H]1C2=C(CC(C)(C)CC2=O)Nc2ccccc2N1C(=O)c1ccccc1. The minimum Gasteiger partial charge on any atom is -0.490 e. The van der Waals surface area contributed by atoms with Gasteiger partial charge in [-0.15, -0.1) is 0 Å². The van der Waals surface area contributed by atoms with Crippen LogP contribution in [0.25, 0.3) is 0 Å². The van der Waals surface area contributed by atoms with E-state index in [9.17, 15) is 9.59 Å². The van der Waals surface area contributed by atoms with Gasteiger partial charge >= 0.3 is 0 Å². The summed E-state index contributed by atoms with van der Waals surface area (Å²) in [5.74, 6) is 0.585. The van der Waals surface area contributed by atoms with Crippen LogP contribution in [0.1, 0.15) is 68.9 Å². The Morgan fingerprint density at radius 3 is 2.43 bits per heavy atom. The third-order valence-electron chi connectivity index (χ3n) is 7.26. The topological polar surface area (TPSA) is 58.6 Å². The van der Waals surface area contributed by atoms with E-state index in [0.29, 0.717) is 29.7 Å². The molecule has 37 heavy (non-hydrogen) atoms. The lowest BCUT2D eigenvalue weighted by Gasteiger charge is -2.37. The summed E-state index contributed by atoms with van der Waals surface area (Å²) < 4.78 is 6.37. The highest BCUT2D eigenvalue weighted by Gasteiger charge is 2.44. The van der Waals surface area contributed by atoms with Crippen LogP contribution in [0.15, 0.2) is 90.1 Å². The van der Waals surface area contributed by atoms with Crippen LogP contribution in [-0.2, 0) is 4.79 Å². The van der Waals surface area contributed by atoms with Crippen molar-refractivity contribution in [2.24, 2.45) is 5.41 Å². The highest BCUT2D eigenvalue weighted by atomic mass is 16.5. The lowest BCUT2D eigenvalue weighted by molar-refractivity contribution is -0.118. The monoisotopic (exact) mass is 494 g/mol. The number of nitrogens with one attached hydrogen (secondary N) is 1. The predicted octanol–water partition coefficient (Wildman–Crippen LogP) is 7.32. The number of para-hydroxylation sites is 3. The van der Waals surface area contributed by atoms with E-state index in [-0.39, 0.29) is 23.2 Å². The molecule has 0 saturated carbocycles. The van der Waals surface area contributed by atoms with Crippen molar-refractivity contribution in [3.63, 3.8) is 0 Å². The fourth-order valence-corrected chi connectivity index (χ4v) is 5.34. The molecule has 1 aliphatic carbocycles. The first-order valence-electron chi connectivity index (χ1n) is 13.1. The number of rotatable bonds is 5. The lowest BCUT2D eigenvalue weighted by Crippen LogP contribution is -2.39. The average Bonchev–Trinajstić information content (AvgIpc) is 3.02. The third-order valence-corrected chi connectivity index (χ3v) is 7.26. The maximum atomic E-state index is 14.3. The first kappa shape index (κ1) is 24.8. The Morgan fingerprint density at radius 1 is 1.00 bits per heavy atom. The molecular weight excluding hydrogens is 460 g/mol. The van der Waals surface area contributed by atoms with Gasteiger partial charge in [-0.1, -0.05) is 69.3 Å². The number of hydrogen-bond donors (Lipinski definition) is 1. The quantitative estimate of drug-likeness (QED) is 0.404. The Labute approximate surface area is 219 Å². The van der Waals surface area contributed by atoms with E-state index in [2.05, 4.69) is 26.1 Å². The Kier molecular flexibility index (Phi) is 6.63. The number of carbonyl (C=O) groups excluding carboxylic acids is 2. The molecule has 0 fully saturated rings. The number of hydrogen-bond acceptors (Lipinski definition) is 4. The van der Waals surface area contributed by atoms with E-state index in [1.54, 1.807) is 4.90 Å². The van der Waals surface area contributed by atoms with Gasteiger partial charge < -0.3 is 10.1 Å². The van der Waals surface area contributed by atoms with Gasteiger partial charge in [-0.3, -0.25) is 14.5 Å². The van der Waals surface area contributed by atoms with Crippen molar-refractivity contribution in [2.75, 3.05) is 10.2 Å². The average molecular weight is 495 g/mol. The summed E-state index contributed by atoms with van der Waals surface area (Å²) in [5, 5.41) is 3.58. The summed E-state index contributed by atoms with van der Waals surface area (Å²) in [7, 11) is 0. The minimum atomic E-state index is -0.636. The number of nitrogens with zero attached hydrogens (tertiary/aromatic N) is 1. The molecule has 0 radical (unpaired) electrons. The highest BCUT2D eigenvalue weighted by Crippen LogP contribution is 2.50. The van der Waals surface area contributed by atoms with Gasteiger partial charge in [-0.05, 0) is 55.5 Å². The van der Waals surface area contributed by atoms with Crippen LogP contribution < -0.4 is 15.0 Å². The van der Waals surface area contributed by atoms with Crippen LogP contribution in [0.4, 0.5) is 11.4 Å². The molecule has 1 heterocycles. The Morgan fingerprint density at radius 2 is 1.68 bits per heavy atom. The fraction of sp³-hybridized carbons (Fsp3) is 0.312. The first-order valence-corrected chi connectivity index (χ1v) is 13.1. The molecule has 1 aliphatic heterocycles. The van der Waals surface area contributed by atoms with Crippen LogP contribution in [0.2, 0.25) is 0 Å². The number of amides is 1. The smallest absolute Gasteiger partial charge is 0.259 e. The molecule has 2 aliphatic rings. The Balaban J connectivity index is 1.80. The molecule has 3 aromatic rings. The van der Waals surface area contributed by atoms with Gasteiger partial charge in [0.15, 0.2) is 5.78 Å². The van der Waals surface area contributed by atoms with Gasteiger partial charge in [0.05, 0.1) is 23.5 Å². The number of ketones is 1. The zero-order valence-electron chi connectivity index (χ0n) is 22.0. The molecule has 5 heteroatoms. The number of anilines is 2. The molecular formula is C32H34N2O3. The molecule has 0 bridgehead atoms. The van der Waals surface area contributed by atoms with E-state index in [0.717, 1.165) is 29.1 Å². The summed E-state index contributed by atoms with van der Waals surface area (Å²) in [6.07, 6.45) is 1.96. The number of ether oxygens (including phenoxy) is 1. The summed E-state index contributed by atoms with van der Waals surface area (Å²) >= 11 is 0. The van der Waals surface area contributed by atoms with Crippen molar-refractivity contribution in [1.29, 1.82) is 0 Å². The highest BCUT2D eigenvalue weighted by molar-refractivity contribution is 6.12. The van der Waals surface area contributed by atoms with Crippen LogP contribution in [0.3, 0.4) is 0 Å². The summed E-state index contributed by atoms with van der Waals surface area (Å²) in [6.45, 7) is 8.36. The number of allylic oxidation sites excluding steroid dienone is 1. The van der Waals surface area contributed by atoms with Crippen LogP contribution >= 0.6 is 0 Å². The zero-order valence-corrected chi connectivity index (χ0v) is 22.0. The second-order valence-electron chi connectivity index (χ2n) is 10.8. The fourth-order valence-electron chi connectivity index (χ4n) is 5.34. The van der Waals surface area contributed by atoms with Crippen LogP contribution in [-0.4, -0.2) is 17.8 Å². The molecule has 0 aromatic heterocycles. The molecule has 0 unspecified atom stereocenters. The van der Waals surface area contributed by atoms with Gasteiger partial charge in [0.25, 0.3) is 5.91 Å². The third kappa shape index (κ3) is 4.78. The molecule has 3 aromatic carbocycles. The number of benzene rings is 3. The van der Waals surface area contributed by atoms with Crippen molar-refractivity contribution >= 4 is 23.1 Å². The van der Waals surface area contributed by atoms with Crippen molar-refractivity contribution < 1.29 is 14.3 Å². The molecule has 1 amide bonds. The second kappa shape index (κ2) is 9.89.